The van der Waals surface area contributed by atoms with E-state index >= 15 is 0 Å². The number of hydrogen-bond donors (Lipinski definition) is 1. The summed E-state index contributed by atoms with van der Waals surface area (Å²) in [6.07, 6.45) is 6.63. The number of nitrogens with one attached hydrogen (secondary N) is 1. The summed E-state index contributed by atoms with van der Waals surface area (Å²) in [5, 5.41) is 6.76. The van der Waals surface area contributed by atoms with Crippen molar-refractivity contribution in [3.8, 4) is 0 Å². The van der Waals surface area contributed by atoms with Crippen LogP contribution in [0.4, 0.5) is 0 Å². The number of amides is 2. The highest BCUT2D eigenvalue weighted by Gasteiger charge is 2.29. The molecule has 6 nitrogen and oxygen atoms in total. The second-order valence-corrected chi connectivity index (χ2v) is 7.93. The number of nitrogens with zero attached hydrogens (tertiary/aromatic N) is 2. The molecule has 3 rings (SSSR count). The van der Waals surface area contributed by atoms with Gasteiger partial charge < -0.3 is 14.7 Å². The van der Waals surface area contributed by atoms with Crippen LogP contribution in [-0.4, -0.2) is 35.0 Å². The van der Waals surface area contributed by atoms with Crippen molar-refractivity contribution in [1.82, 2.24) is 15.4 Å². The molecule has 2 fully saturated rings. The second kappa shape index (κ2) is 8.02. The van der Waals surface area contributed by atoms with Crippen LogP contribution in [0.15, 0.2) is 10.6 Å². The number of carbonyl (C=O) groups is 2. The van der Waals surface area contributed by atoms with Crippen molar-refractivity contribution >= 4 is 11.8 Å². The predicted molar refractivity (Wildman–Crippen MR) is 93.8 cm³/mol. The predicted octanol–water partition coefficient (Wildman–Crippen LogP) is 2.99. The van der Waals surface area contributed by atoms with Crippen molar-refractivity contribution < 1.29 is 14.1 Å². The zero-order valence-electron chi connectivity index (χ0n) is 15.3. The SMILES string of the molecule is CC(C)CN(Cc1cc(C(=O)NCC2CC2)no1)C(=O)C1CCCC1. The summed E-state index contributed by atoms with van der Waals surface area (Å²) in [6.45, 7) is 5.99. The van der Waals surface area contributed by atoms with Gasteiger partial charge in [-0.3, -0.25) is 9.59 Å². The maximum Gasteiger partial charge on any atom is 0.273 e. The van der Waals surface area contributed by atoms with Gasteiger partial charge in [0.15, 0.2) is 11.5 Å². The Morgan fingerprint density at radius 3 is 2.64 bits per heavy atom. The minimum atomic E-state index is -0.195. The fourth-order valence-corrected chi connectivity index (χ4v) is 3.44. The van der Waals surface area contributed by atoms with Gasteiger partial charge in [0.1, 0.15) is 0 Å². The normalized spacial score (nSPS) is 17.9. The quantitative estimate of drug-likeness (QED) is 0.784. The van der Waals surface area contributed by atoms with Crippen LogP contribution >= 0.6 is 0 Å². The summed E-state index contributed by atoms with van der Waals surface area (Å²) in [6, 6.07) is 1.66. The molecule has 0 saturated heterocycles. The van der Waals surface area contributed by atoms with E-state index in [0.29, 0.717) is 42.9 Å². The molecule has 1 N–H and O–H groups in total. The molecule has 2 aliphatic carbocycles. The Morgan fingerprint density at radius 1 is 1.28 bits per heavy atom. The Labute approximate surface area is 149 Å². The molecule has 0 aliphatic heterocycles. The lowest BCUT2D eigenvalue weighted by Gasteiger charge is -2.26. The van der Waals surface area contributed by atoms with Crippen LogP contribution in [0.3, 0.4) is 0 Å². The maximum absolute atomic E-state index is 12.8. The van der Waals surface area contributed by atoms with Gasteiger partial charge >= 0.3 is 0 Å². The molecule has 0 atom stereocenters. The van der Waals surface area contributed by atoms with Crippen LogP contribution in [0.5, 0.6) is 0 Å². The molecule has 1 aromatic heterocycles. The maximum atomic E-state index is 12.8. The van der Waals surface area contributed by atoms with Crippen LogP contribution < -0.4 is 5.32 Å². The van der Waals surface area contributed by atoms with Crippen molar-refractivity contribution in [2.24, 2.45) is 17.8 Å². The van der Waals surface area contributed by atoms with E-state index in [9.17, 15) is 9.59 Å². The Hall–Kier alpha value is -1.85. The van der Waals surface area contributed by atoms with Crippen LogP contribution in [-0.2, 0) is 11.3 Å². The summed E-state index contributed by atoms with van der Waals surface area (Å²) in [4.78, 5) is 26.7. The molecular formula is C19H29N3O3. The summed E-state index contributed by atoms with van der Waals surface area (Å²) >= 11 is 0. The Balaban J connectivity index is 1.60. The van der Waals surface area contributed by atoms with E-state index in [1.54, 1.807) is 6.07 Å². The molecule has 2 amide bonds. The van der Waals surface area contributed by atoms with Gasteiger partial charge in [-0.1, -0.05) is 31.8 Å². The average Bonchev–Trinajstić information content (AvgIpc) is 3.05. The van der Waals surface area contributed by atoms with Crippen molar-refractivity contribution in [2.75, 3.05) is 13.1 Å². The lowest BCUT2D eigenvalue weighted by atomic mass is 10.1. The minimum absolute atomic E-state index is 0.142. The van der Waals surface area contributed by atoms with Crippen molar-refractivity contribution in [3.63, 3.8) is 0 Å². The van der Waals surface area contributed by atoms with Crippen LogP contribution in [0.1, 0.15) is 68.6 Å². The molecule has 2 aliphatic rings. The van der Waals surface area contributed by atoms with Gasteiger partial charge in [-0.15, -0.1) is 0 Å². The van der Waals surface area contributed by atoms with E-state index in [1.165, 1.54) is 12.8 Å². The molecule has 25 heavy (non-hydrogen) atoms. The summed E-state index contributed by atoms with van der Waals surface area (Å²) in [7, 11) is 0. The van der Waals surface area contributed by atoms with E-state index in [2.05, 4.69) is 24.3 Å². The van der Waals surface area contributed by atoms with Crippen LogP contribution in [0.25, 0.3) is 0 Å². The molecule has 0 unspecified atom stereocenters. The van der Waals surface area contributed by atoms with E-state index in [-0.39, 0.29) is 17.7 Å². The van der Waals surface area contributed by atoms with Crippen molar-refractivity contribution in [1.29, 1.82) is 0 Å². The first-order valence-electron chi connectivity index (χ1n) is 9.55. The van der Waals surface area contributed by atoms with E-state index in [4.69, 9.17) is 4.52 Å². The molecule has 1 heterocycles. The van der Waals surface area contributed by atoms with Gasteiger partial charge in [-0.2, -0.15) is 0 Å². The van der Waals surface area contributed by atoms with Gasteiger partial charge in [0.2, 0.25) is 5.91 Å². The van der Waals surface area contributed by atoms with Gasteiger partial charge in [0, 0.05) is 25.1 Å². The molecule has 138 valence electrons. The first-order valence-corrected chi connectivity index (χ1v) is 9.55. The Kier molecular flexibility index (Phi) is 5.76. The number of rotatable bonds is 8. The second-order valence-electron chi connectivity index (χ2n) is 7.93. The Morgan fingerprint density at radius 2 is 2.00 bits per heavy atom. The smallest absolute Gasteiger partial charge is 0.273 e. The molecule has 0 aromatic carbocycles. The van der Waals surface area contributed by atoms with Gasteiger partial charge in [-0.05, 0) is 37.5 Å². The lowest BCUT2D eigenvalue weighted by molar-refractivity contribution is -0.136. The third-order valence-corrected chi connectivity index (χ3v) is 4.99. The van der Waals surface area contributed by atoms with E-state index < -0.39 is 0 Å². The number of aromatic nitrogens is 1. The zero-order valence-corrected chi connectivity index (χ0v) is 15.3. The first kappa shape index (κ1) is 18.0. The largest absolute Gasteiger partial charge is 0.359 e. The highest BCUT2D eigenvalue weighted by Crippen LogP contribution is 2.28. The highest BCUT2D eigenvalue weighted by molar-refractivity contribution is 5.92. The van der Waals surface area contributed by atoms with Crippen LogP contribution in [0.2, 0.25) is 0 Å². The standard InChI is InChI=1S/C19H29N3O3/c1-13(2)11-22(19(24)15-5-3-4-6-15)12-16-9-17(21-25-16)18(23)20-10-14-7-8-14/h9,13-15H,3-8,10-12H2,1-2H3,(H,20,23). The third kappa shape index (κ3) is 5.06. The van der Waals surface area contributed by atoms with Crippen molar-refractivity contribution in [3.05, 3.63) is 17.5 Å². The summed E-state index contributed by atoms with van der Waals surface area (Å²) in [5.74, 6) is 1.74. The average molecular weight is 347 g/mol. The monoisotopic (exact) mass is 347 g/mol. The molecule has 6 heteroatoms. The number of hydrogen-bond acceptors (Lipinski definition) is 4. The molecular weight excluding hydrogens is 318 g/mol. The summed E-state index contributed by atoms with van der Waals surface area (Å²) < 4.78 is 5.33. The highest BCUT2D eigenvalue weighted by atomic mass is 16.5. The lowest BCUT2D eigenvalue weighted by Crippen LogP contribution is -2.37. The first-order chi connectivity index (χ1) is 12.0. The van der Waals surface area contributed by atoms with E-state index in [0.717, 1.165) is 25.7 Å². The topological polar surface area (TPSA) is 75.4 Å². The zero-order chi connectivity index (χ0) is 17.8. The summed E-state index contributed by atoms with van der Waals surface area (Å²) in [5.41, 5.74) is 0.300. The van der Waals surface area contributed by atoms with E-state index in [1.807, 2.05) is 4.90 Å². The van der Waals surface area contributed by atoms with Gasteiger partial charge in [-0.25, -0.2) is 0 Å². The van der Waals surface area contributed by atoms with Gasteiger partial charge in [0.25, 0.3) is 5.91 Å². The molecule has 0 bridgehead atoms. The molecule has 0 spiro atoms. The fourth-order valence-electron chi connectivity index (χ4n) is 3.44. The Bertz CT molecular complexity index is 601. The number of carbonyl (C=O) groups excluding carboxylic acids is 2. The minimum Gasteiger partial charge on any atom is -0.359 e. The van der Waals surface area contributed by atoms with Crippen LogP contribution in [0, 0.1) is 17.8 Å². The van der Waals surface area contributed by atoms with Crippen molar-refractivity contribution in [2.45, 2.75) is 58.9 Å². The van der Waals surface area contributed by atoms with Gasteiger partial charge in [0.05, 0.1) is 6.54 Å². The molecule has 1 aromatic rings. The molecule has 2 saturated carbocycles. The third-order valence-electron chi connectivity index (χ3n) is 4.99. The fraction of sp³-hybridized carbons (Fsp3) is 0.737. The molecule has 0 radical (unpaired) electrons.